The van der Waals surface area contributed by atoms with Gasteiger partial charge < -0.3 is 5.32 Å². The van der Waals surface area contributed by atoms with E-state index >= 15 is 0 Å². The summed E-state index contributed by atoms with van der Waals surface area (Å²) in [6.07, 6.45) is 0. The molecule has 98 valence electrons. The van der Waals surface area contributed by atoms with Crippen molar-refractivity contribution in [3.05, 3.63) is 32.9 Å². The molecule has 2 aliphatic heterocycles. The number of benzene rings is 1. The number of nitrogens with zero attached hydrogens (tertiary/aromatic N) is 1. The van der Waals surface area contributed by atoms with Crippen LogP contribution in [0.15, 0.2) is 12.1 Å². The molecule has 0 unspecified atom stereocenters. The maximum Gasteiger partial charge on any atom is 0.143 e. The highest BCUT2D eigenvalue weighted by molar-refractivity contribution is 14.1. The van der Waals surface area contributed by atoms with E-state index in [1.165, 1.54) is 12.1 Å². The third-order valence-electron chi connectivity index (χ3n) is 3.99. The highest BCUT2D eigenvalue weighted by Gasteiger charge is 2.36. The minimum Gasteiger partial charge on any atom is -0.316 e. The van der Waals surface area contributed by atoms with E-state index in [-0.39, 0.29) is 5.56 Å². The summed E-state index contributed by atoms with van der Waals surface area (Å²) in [5.41, 5.74) is 0.217. The lowest BCUT2D eigenvalue weighted by Crippen LogP contribution is -2.26. The third-order valence-corrected chi connectivity index (χ3v) is 4.82. The molecule has 1 aromatic rings. The van der Waals surface area contributed by atoms with Gasteiger partial charge in [-0.1, -0.05) is 0 Å². The second-order valence-corrected chi connectivity index (χ2v) is 6.36. The van der Waals surface area contributed by atoms with Crippen molar-refractivity contribution in [1.82, 2.24) is 10.2 Å². The second-order valence-electron chi connectivity index (χ2n) is 5.19. The van der Waals surface area contributed by atoms with E-state index in [9.17, 15) is 8.78 Å². The standard InChI is InChI=1S/C13H15F2IN2/c14-11-1-2-12(16)13(15)10(11)7-18-5-8-3-17-4-9(8)6-18/h1-2,8-9,17H,3-7H2/t8-,9+. The molecule has 2 nitrogen and oxygen atoms in total. The minimum atomic E-state index is -0.428. The Bertz CT molecular complexity index is 455. The van der Waals surface area contributed by atoms with Crippen molar-refractivity contribution in [2.45, 2.75) is 6.54 Å². The average molecular weight is 364 g/mol. The van der Waals surface area contributed by atoms with E-state index in [0.29, 0.717) is 22.0 Å². The second kappa shape index (κ2) is 5.02. The smallest absolute Gasteiger partial charge is 0.143 e. The van der Waals surface area contributed by atoms with Crippen molar-refractivity contribution in [2.24, 2.45) is 11.8 Å². The fraction of sp³-hybridized carbons (Fsp3) is 0.538. The number of halogens is 3. The molecule has 1 aromatic carbocycles. The summed E-state index contributed by atoms with van der Waals surface area (Å²) >= 11 is 1.91. The van der Waals surface area contributed by atoms with Crippen LogP contribution in [-0.4, -0.2) is 31.1 Å². The van der Waals surface area contributed by atoms with E-state index in [1.807, 2.05) is 22.6 Å². The average Bonchev–Trinajstić information content (AvgIpc) is 2.90. The molecule has 0 bridgehead atoms. The lowest BCUT2D eigenvalue weighted by atomic mass is 10.0. The zero-order chi connectivity index (χ0) is 12.7. The zero-order valence-corrected chi connectivity index (χ0v) is 12.1. The van der Waals surface area contributed by atoms with Crippen LogP contribution >= 0.6 is 22.6 Å². The van der Waals surface area contributed by atoms with Crippen molar-refractivity contribution in [3.63, 3.8) is 0 Å². The molecule has 0 radical (unpaired) electrons. The van der Waals surface area contributed by atoms with E-state index in [1.54, 1.807) is 0 Å². The SMILES string of the molecule is Fc1ccc(I)c(F)c1CN1C[C@H]2CNC[C@H]2C1. The Morgan fingerprint density at radius 2 is 1.89 bits per heavy atom. The molecule has 2 aliphatic rings. The van der Waals surface area contributed by atoms with Gasteiger partial charge in [-0.25, -0.2) is 8.78 Å². The van der Waals surface area contributed by atoms with Gasteiger partial charge in [0.2, 0.25) is 0 Å². The number of likely N-dealkylation sites (tertiary alicyclic amines) is 1. The number of nitrogens with one attached hydrogen (secondary N) is 1. The van der Waals surface area contributed by atoms with Gasteiger partial charge in [0, 0.05) is 28.8 Å². The summed E-state index contributed by atoms with van der Waals surface area (Å²) in [6.45, 7) is 4.36. The topological polar surface area (TPSA) is 15.3 Å². The number of fused-ring (bicyclic) bond motifs is 1. The first-order valence-corrected chi connectivity index (χ1v) is 7.28. The molecule has 0 aromatic heterocycles. The van der Waals surface area contributed by atoms with Crippen LogP contribution in [0.2, 0.25) is 0 Å². The molecular formula is C13H15F2IN2. The third kappa shape index (κ3) is 2.28. The molecule has 2 saturated heterocycles. The van der Waals surface area contributed by atoms with Gasteiger partial charge in [0.15, 0.2) is 0 Å². The lowest BCUT2D eigenvalue weighted by Gasteiger charge is -2.18. The number of hydrogen-bond acceptors (Lipinski definition) is 2. The van der Waals surface area contributed by atoms with Crippen LogP contribution in [0, 0.1) is 27.0 Å². The van der Waals surface area contributed by atoms with E-state index in [4.69, 9.17) is 0 Å². The first-order valence-electron chi connectivity index (χ1n) is 6.20. The molecule has 0 spiro atoms. The molecule has 0 aliphatic carbocycles. The van der Waals surface area contributed by atoms with Crippen molar-refractivity contribution in [2.75, 3.05) is 26.2 Å². The van der Waals surface area contributed by atoms with Gasteiger partial charge in [-0.3, -0.25) is 4.90 Å². The molecule has 1 N–H and O–H groups in total. The van der Waals surface area contributed by atoms with Gasteiger partial charge in [0.05, 0.1) is 0 Å². The van der Waals surface area contributed by atoms with Gasteiger partial charge >= 0.3 is 0 Å². The van der Waals surface area contributed by atoms with Crippen molar-refractivity contribution in [1.29, 1.82) is 0 Å². The van der Waals surface area contributed by atoms with Crippen LogP contribution in [0.3, 0.4) is 0 Å². The Labute approximate surface area is 119 Å². The summed E-state index contributed by atoms with van der Waals surface area (Å²) in [6, 6.07) is 2.84. The maximum atomic E-state index is 13.9. The van der Waals surface area contributed by atoms with Gasteiger partial charge in [-0.05, 0) is 59.6 Å². The number of hydrogen-bond donors (Lipinski definition) is 1. The molecule has 2 heterocycles. The van der Waals surface area contributed by atoms with Crippen LogP contribution in [0.1, 0.15) is 5.56 Å². The fourth-order valence-corrected chi connectivity index (χ4v) is 3.52. The molecule has 2 atom stereocenters. The van der Waals surface area contributed by atoms with Crippen LogP contribution in [0.5, 0.6) is 0 Å². The Hall–Kier alpha value is -0.270. The predicted molar refractivity (Wildman–Crippen MR) is 74.2 cm³/mol. The van der Waals surface area contributed by atoms with E-state index in [2.05, 4.69) is 10.2 Å². The van der Waals surface area contributed by atoms with Gasteiger partial charge in [0.25, 0.3) is 0 Å². The van der Waals surface area contributed by atoms with Crippen molar-refractivity contribution in [3.8, 4) is 0 Å². The van der Waals surface area contributed by atoms with Crippen LogP contribution in [0.4, 0.5) is 8.78 Å². The first-order chi connectivity index (χ1) is 8.65. The summed E-state index contributed by atoms with van der Waals surface area (Å²) in [5.74, 6) is 0.478. The minimum absolute atomic E-state index is 0.217. The summed E-state index contributed by atoms with van der Waals surface area (Å²) in [4.78, 5) is 2.17. The van der Waals surface area contributed by atoms with Crippen LogP contribution in [0.25, 0.3) is 0 Å². The fourth-order valence-electron chi connectivity index (χ4n) is 3.02. The van der Waals surface area contributed by atoms with Gasteiger partial charge in [-0.15, -0.1) is 0 Å². The molecule has 0 saturated carbocycles. The molecule has 5 heteroatoms. The first kappa shape index (κ1) is 12.7. The van der Waals surface area contributed by atoms with E-state index < -0.39 is 11.6 Å². The van der Waals surface area contributed by atoms with Gasteiger partial charge in [0.1, 0.15) is 11.6 Å². The highest BCUT2D eigenvalue weighted by atomic mass is 127. The molecule has 0 amide bonds. The molecule has 3 rings (SSSR count). The predicted octanol–water partition coefficient (Wildman–Crippen LogP) is 2.22. The van der Waals surface area contributed by atoms with Crippen LogP contribution < -0.4 is 5.32 Å². The van der Waals surface area contributed by atoms with Gasteiger partial charge in [-0.2, -0.15) is 0 Å². The Balaban J connectivity index is 1.76. The molecule has 2 fully saturated rings. The quantitative estimate of drug-likeness (QED) is 0.640. The molecular weight excluding hydrogens is 349 g/mol. The highest BCUT2D eigenvalue weighted by Crippen LogP contribution is 2.29. The Morgan fingerprint density at radius 1 is 1.22 bits per heavy atom. The summed E-state index contributed by atoms with van der Waals surface area (Å²) in [5, 5.41) is 3.36. The maximum absolute atomic E-state index is 13.9. The summed E-state index contributed by atoms with van der Waals surface area (Å²) in [7, 11) is 0. The Morgan fingerprint density at radius 3 is 2.56 bits per heavy atom. The summed E-state index contributed by atoms with van der Waals surface area (Å²) < 4.78 is 28.1. The monoisotopic (exact) mass is 364 g/mol. The number of rotatable bonds is 2. The largest absolute Gasteiger partial charge is 0.316 e. The normalized spacial score (nSPS) is 27.7. The Kier molecular flexibility index (Phi) is 3.55. The molecule has 18 heavy (non-hydrogen) atoms. The van der Waals surface area contributed by atoms with Crippen molar-refractivity contribution < 1.29 is 8.78 Å². The lowest BCUT2D eigenvalue weighted by molar-refractivity contribution is 0.295. The van der Waals surface area contributed by atoms with Crippen molar-refractivity contribution >= 4 is 22.6 Å². The van der Waals surface area contributed by atoms with E-state index in [0.717, 1.165) is 26.2 Å². The van der Waals surface area contributed by atoms with Crippen LogP contribution in [-0.2, 0) is 6.54 Å². The zero-order valence-electron chi connectivity index (χ0n) is 9.93.